The standard InChI is InChI=1S/C58H107NO10/c1-3-5-7-9-11-13-15-17-19-21-22-23-24-25-26-27-28-29-30-32-33-35-37-39-41-43-45-50(61)53(63)49(48-68-58-56(66)55(65)54(64)52(47-60)69-58)59-57(67)51(62)46-44-42-40-38-36-34-31-20-18-16-14-12-10-8-6-4-2/h18,20,26-27,30,32,37,39,49-56,58,60-66H,3-17,19,21-25,28-29,31,33-36,38,40-48H2,1-2H3,(H,59,67)/b20-18-,27-26+,32-30+,39-37+. The van der Waals surface area contributed by atoms with Gasteiger partial charge in [0.15, 0.2) is 6.29 Å². The minimum atomic E-state index is -1.67. The highest BCUT2D eigenvalue weighted by molar-refractivity contribution is 5.80. The SMILES string of the molecule is CCCCCCCC/C=C\CCCCCCCCC(O)C(=O)NC(COC1OC(CO)C(O)C(O)C1O)C(O)C(O)CCC/C=C/CC/C=C/CC/C=C/CCCCCCCCCCCCCCC. The van der Waals surface area contributed by atoms with Crippen LogP contribution in [-0.2, 0) is 14.3 Å². The summed E-state index contributed by atoms with van der Waals surface area (Å²) in [6.07, 6.45) is 47.4. The van der Waals surface area contributed by atoms with Gasteiger partial charge in [-0.3, -0.25) is 4.79 Å². The molecule has 0 bridgehead atoms. The summed E-state index contributed by atoms with van der Waals surface area (Å²) in [6, 6.07) is -1.20. The summed E-state index contributed by atoms with van der Waals surface area (Å²) in [4.78, 5) is 13.1. The summed E-state index contributed by atoms with van der Waals surface area (Å²) in [5, 5.41) is 76.0. The Balaban J connectivity index is 2.36. The van der Waals surface area contributed by atoms with Crippen LogP contribution in [0, 0.1) is 0 Å². The second-order valence-corrected chi connectivity index (χ2v) is 20.0. The number of amides is 1. The van der Waals surface area contributed by atoms with Gasteiger partial charge in [-0.05, 0) is 89.9 Å². The first-order valence-corrected chi connectivity index (χ1v) is 28.5. The number of unbranched alkanes of at least 4 members (excludes halogenated alkanes) is 28. The fourth-order valence-electron chi connectivity index (χ4n) is 8.88. The fraction of sp³-hybridized carbons (Fsp3) is 0.845. The number of hydrogen-bond acceptors (Lipinski definition) is 10. The molecule has 404 valence electrons. The molecule has 1 aliphatic rings. The first-order chi connectivity index (χ1) is 33.7. The Bertz CT molecular complexity index is 1260. The first kappa shape index (κ1) is 65.1. The highest BCUT2D eigenvalue weighted by Crippen LogP contribution is 2.23. The average Bonchev–Trinajstić information content (AvgIpc) is 3.35. The van der Waals surface area contributed by atoms with Crippen LogP contribution in [-0.4, -0.2) is 110 Å². The Morgan fingerprint density at radius 3 is 1.29 bits per heavy atom. The maximum Gasteiger partial charge on any atom is 0.249 e. The molecule has 0 aliphatic carbocycles. The van der Waals surface area contributed by atoms with E-state index in [-0.39, 0.29) is 12.8 Å². The maximum atomic E-state index is 13.1. The minimum Gasteiger partial charge on any atom is -0.394 e. The van der Waals surface area contributed by atoms with Crippen LogP contribution in [0.2, 0.25) is 0 Å². The molecule has 69 heavy (non-hydrogen) atoms. The van der Waals surface area contributed by atoms with Crippen LogP contribution in [0.5, 0.6) is 0 Å². The van der Waals surface area contributed by atoms with Gasteiger partial charge in [0.2, 0.25) is 5.91 Å². The summed E-state index contributed by atoms with van der Waals surface area (Å²) in [6.45, 7) is 3.43. The number of nitrogens with one attached hydrogen (secondary N) is 1. The largest absolute Gasteiger partial charge is 0.394 e. The van der Waals surface area contributed by atoms with Crippen molar-refractivity contribution in [3.8, 4) is 0 Å². The number of ether oxygens (including phenoxy) is 2. The number of carbonyl (C=O) groups excluding carboxylic acids is 1. The number of carbonyl (C=O) groups is 1. The van der Waals surface area contributed by atoms with Gasteiger partial charge in [0.1, 0.15) is 36.6 Å². The van der Waals surface area contributed by atoms with Crippen LogP contribution in [0.3, 0.4) is 0 Å². The van der Waals surface area contributed by atoms with E-state index in [0.29, 0.717) is 19.3 Å². The topological polar surface area (TPSA) is 189 Å². The molecule has 11 heteroatoms. The van der Waals surface area contributed by atoms with Gasteiger partial charge in [0.05, 0.1) is 25.4 Å². The number of hydrogen-bond donors (Lipinski definition) is 8. The minimum absolute atomic E-state index is 0.239. The van der Waals surface area contributed by atoms with Gasteiger partial charge in [-0.25, -0.2) is 0 Å². The smallest absolute Gasteiger partial charge is 0.249 e. The third-order valence-electron chi connectivity index (χ3n) is 13.6. The van der Waals surface area contributed by atoms with E-state index in [9.17, 15) is 40.5 Å². The van der Waals surface area contributed by atoms with Crippen LogP contribution in [0.4, 0.5) is 0 Å². The quantitative estimate of drug-likeness (QED) is 0.0215. The van der Waals surface area contributed by atoms with Crippen molar-refractivity contribution in [2.75, 3.05) is 13.2 Å². The average molecular weight is 978 g/mol. The monoisotopic (exact) mass is 978 g/mol. The summed E-state index contributed by atoms with van der Waals surface area (Å²) in [5.41, 5.74) is 0. The van der Waals surface area contributed by atoms with Crippen molar-refractivity contribution in [1.29, 1.82) is 0 Å². The van der Waals surface area contributed by atoms with E-state index in [2.05, 4.69) is 67.8 Å². The molecule has 0 aromatic rings. The van der Waals surface area contributed by atoms with Gasteiger partial charge >= 0.3 is 0 Å². The van der Waals surface area contributed by atoms with Gasteiger partial charge < -0.3 is 50.5 Å². The number of aliphatic hydroxyl groups excluding tert-OH is 7. The zero-order chi connectivity index (χ0) is 50.4. The Morgan fingerprint density at radius 2 is 0.870 bits per heavy atom. The van der Waals surface area contributed by atoms with Crippen molar-refractivity contribution >= 4 is 5.91 Å². The fourth-order valence-corrected chi connectivity index (χ4v) is 8.88. The predicted molar refractivity (Wildman–Crippen MR) is 284 cm³/mol. The summed E-state index contributed by atoms with van der Waals surface area (Å²) in [5.74, 6) is -0.718. The lowest BCUT2D eigenvalue weighted by Crippen LogP contribution is -2.60. The van der Waals surface area contributed by atoms with Gasteiger partial charge in [-0.15, -0.1) is 0 Å². The molecular weight excluding hydrogens is 871 g/mol. The molecule has 1 amide bonds. The molecule has 0 spiro atoms. The van der Waals surface area contributed by atoms with Crippen molar-refractivity contribution in [3.63, 3.8) is 0 Å². The molecule has 1 saturated heterocycles. The zero-order valence-electron chi connectivity index (χ0n) is 44.0. The maximum absolute atomic E-state index is 13.1. The van der Waals surface area contributed by atoms with E-state index in [4.69, 9.17) is 9.47 Å². The number of rotatable bonds is 48. The molecule has 1 rings (SSSR count). The van der Waals surface area contributed by atoms with Crippen molar-refractivity contribution in [2.24, 2.45) is 0 Å². The molecule has 1 heterocycles. The van der Waals surface area contributed by atoms with Crippen LogP contribution < -0.4 is 5.32 Å². The third-order valence-corrected chi connectivity index (χ3v) is 13.6. The molecular formula is C58H107NO10. The van der Waals surface area contributed by atoms with Crippen LogP contribution in [0.15, 0.2) is 48.6 Å². The third kappa shape index (κ3) is 35.8. The van der Waals surface area contributed by atoms with Crippen molar-refractivity contribution < 1.29 is 50.0 Å². The second kappa shape index (κ2) is 47.1. The predicted octanol–water partition coefficient (Wildman–Crippen LogP) is 11.7. The Hall–Kier alpha value is -1.93. The Morgan fingerprint density at radius 1 is 0.493 bits per heavy atom. The van der Waals surface area contributed by atoms with Crippen molar-refractivity contribution in [1.82, 2.24) is 5.32 Å². The normalized spacial score (nSPS) is 20.7. The van der Waals surface area contributed by atoms with Gasteiger partial charge in [0.25, 0.3) is 0 Å². The second-order valence-electron chi connectivity index (χ2n) is 20.0. The highest BCUT2D eigenvalue weighted by Gasteiger charge is 2.44. The van der Waals surface area contributed by atoms with E-state index in [1.165, 1.54) is 135 Å². The summed E-state index contributed by atoms with van der Waals surface area (Å²) in [7, 11) is 0. The molecule has 9 unspecified atom stereocenters. The van der Waals surface area contributed by atoms with Crippen molar-refractivity contribution in [2.45, 2.75) is 300 Å². The van der Waals surface area contributed by atoms with E-state index in [1.807, 2.05) is 0 Å². The van der Waals surface area contributed by atoms with Crippen LogP contribution >= 0.6 is 0 Å². The Labute approximate surface area is 421 Å². The number of allylic oxidation sites excluding steroid dienone is 8. The van der Waals surface area contributed by atoms with E-state index in [0.717, 1.165) is 64.2 Å². The molecule has 9 atom stereocenters. The molecule has 1 aliphatic heterocycles. The molecule has 0 saturated carbocycles. The van der Waals surface area contributed by atoms with E-state index >= 15 is 0 Å². The van der Waals surface area contributed by atoms with Gasteiger partial charge in [0, 0.05) is 0 Å². The zero-order valence-corrected chi connectivity index (χ0v) is 44.0. The summed E-state index contributed by atoms with van der Waals surface area (Å²) >= 11 is 0. The van der Waals surface area contributed by atoms with Crippen LogP contribution in [0.1, 0.15) is 245 Å². The first-order valence-electron chi connectivity index (χ1n) is 28.5. The van der Waals surface area contributed by atoms with Gasteiger partial charge in [-0.1, -0.05) is 204 Å². The van der Waals surface area contributed by atoms with Crippen molar-refractivity contribution in [3.05, 3.63) is 48.6 Å². The summed E-state index contributed by atoms with van der Waals surface area (Å²) < 4.78 is 11.1. The highest BCUT2D eigenvalue weighted by atomic mass is 16.7. The van der Waals surface area contributed by atoms with Crippen LogP contribution in [0.25, 0.3) is 0 Å². The molecule has 0 aromatic heterocycles. The van der Waals surface area contributed by atoms with E-state index < -0.39 is 74.2 Å². The lowest BCUT2D eigenvalue weighted by atomic mass is 9.98. The van der Waals surface area contributed by atoms with Gasteiger partial charge in [-0.2, -0.15) is 0 Å². The lowest BCUT2D eigenvalue weighted by molar-refractivity contribution is -0.303. The molecule has 0 aromatic carbocycles. The number of aliphatic hydroxyl groups is 7. The molecule has 11 nitrogen and oxygen atoms in total. The molecule has 0 radical (unpaired) electrons. The Kier molecular flexibility index (Phi) is 44.4. The molecule has 1 fully saturated rings. The van der Waals surface area contributed by atoms with E-state index in [1.54, 1.807) is 0 Å². The molecule has 8 N–H and O–H groups in total. The lowest BCUT2D eigenvalue weighted by Gasteiger charge is -2.40.